The summed E-state index contributed by atoms with van der Waals surface area (Å²) in [5.74, 6) is 3.16. The van der Waals surface area contributed by atoms with Gasteiger partial charge in [0.15, 0.2) is 5.83 Å². The summed E-state index contributed by atoms with van der Waals surface area (Å²) < 4.78 is 12.6. The van der Waals surface area contributed by atoms with E-state index in [2.05, 4.69) is 6.92 Å². The Morgan fingerprint density at radius 2 is 1.36 bits per heavy atom. The second kappa shape index (κ2) is 11.5. The van der Waals surface area contributed by atoms with Crippen LogP contribution < -0.4 is 0 Å². The van der Waals surface area contributed by atoms with Crippen molar-refractivity contribution in [1.82, 2.24) is 0 Å². The van der Waals surface area contributed by atoms with Gasteiger partial charge in [-0.3, -0.25) is 0 Å². The van der Waals surface area contributed by atoms with Gasteiger partial charge in [0, 0.05) is 0 Å². The topological polar surface area (TPSA) is 23.8 Å². The standard InChI is InChI=1S/C23H36FN/c1-2-19-8-10-21(11-9-19)16-17-22-14-12-20(13-15-22)6-4-3-5-7-23(24)18-25/h3,5,7,19-22H,2,4,6,8-17H2,1H3/b5-3+,23-7-/t19-,20-,21-,22-. The van der Waals surface area contributed by atoms with Gasteiger partial charge in [-0.25, -0.2) is 0 Å². The van der Waals surface area contributed by atoms with E-state index in [-0.39, 0.29) is 0 Å². The molecule has 0 N–H and O–H groups in total. The van der Waals surface area contributed by atoms with Gasteiger partial charge in [-0.15, -0.1) is 0 Å². The van der Waals surface area contributed by atoms with E-state index < -0.39 is 5.83 Å². The molecule has 0 aromatic heterocycles. The molecule has 2 aliphatic carbocycles. The highest BCUT2D eigenvalue weighted by Gasteiger charge is 2.24. The molecule has 0 aliphatic heterocycles. The first-order valence-corrected chi connectivity index (χ1v) is 10.6. The van der Waals surface area contributed by atoms with E-state index in [4.69, 9.17) is 5.26 Å². The highest BCUT2D eigenvalue weighted by molar-refractivity contribution is 5.18. The van der Waals surface area contributed by atoms with Crippen LogP contribution in [-0.2, 0) is 0 Å². The van der Waals surface area contributed by atoms with Gasteiger partial charge < -0.3 is 0 Å². The third kappa shape index (κ3) is 7.76. The highest BCUT2D eigenvalue weighted by atomic mass is 19.1. The van der Waals surface area contributed by atoms with Crippen LogP contribution in [0.25, 0.3) is 0 Å². The van der Waals surface area contributed by atoms with Crippen molar-refractivity contribution in [3.8, 4) is 6.07 Å². The van der Waals surface area contributed by atoms with Crippen molar-refractivity contribution >= 4 is 0 Å². The Labute approximate surface area is 154 Å². The van der Waals surface area contributed by atoms with Crippen molar-refractivity contribution < 1.29 is 4.39 Å². The molecule has 25 heavy (non-hydrogen) atoms. The molecule has 2 fully saturated rings. The summed E-state index contributed by atoms with van der Waals surface area (Å²) in [4.78, 5) is 0. The summed E-state index contributed by atoms with van der Waals surface area (Å²) in [6.07, 6.45) is 23.0. The van der Waals surface area contributed by atoms with Gasteiger partial charge in [-0.1, -0.05) is 89.7 Å². The van der Waals surface area contributed by atoms with Crippen LogP contribution in [0.4, 0.5) is 4.39 Å². The summed E-state index contributed by atoms with van der Waals surface area (Å²) in [6, 6.07) is 1.49. The number of nitriles is 1. The van der Waals surface area contributed by atoms with Crippen LogP contribution in [0.2, 0.25) is 0 Å². The van der Waals surface area contributed by atoms with Crippen LogP contribution in [0, 0.1) is 35.0 Å². The van der Waals surface area contributed by atoms with E-state index in [1.807, 2.05) is 6.08 Å². The Morgan fingerprint density at radius 1 is 0.880 bits per heavy atom. The predicted octanol–water partition coefficient (Wildman–Crippen LogP) is 7.50. The Hall–Kier alpha value is -1.10. The molecule has 2 saturated carbocycles. The molecule has 0 atom stereocenters. The number of hydrogen-bond acceptors (Lipinski definition) is 1. The zero-order valence-corrected chi connectivity index (χ0v) is 16.1. The lowest BCUT2D eigenvalue weighted by Gasteiger charge is -2.31. The SMILES string of the molecule is CC[C@H]1CC[C@H](CC[C@H]2CC[C@H](CC/C=C/C=C(\F)C#N)CC2)CC1. The van der Waals surface area contributed by atoms with Crippen molar-refractivity contribution in [3.05, 3.63) is 24.1 Å². The van der Waals surface area contributed by atoms with Crippen molar-refractivity contribution in [2.45, 2.75) is 90.4 Å². The van der Waals surface area contributed by atoms with E-state index in [0.29, 0.717) is 0 Å². The van der Waals surface area contributed by atoms with Crippen molar-refractivity contribution in [1.29, 1.82) is 5.26 Å². The van der Waals surface area contributed by atoms with Crippen molar-refractivity contribution in [2.24, 2.45) is 23.7 Å². The average molecular weight is 346 g/mol. The summed E-state index contributed by atoms with van der Waals surface area (Å²) in [5, 5.41) is 8.34. The molecule has 0 unspecified atom stereocenters. The van der Waals surface area contributed by atoms with Crippen LogP contribution in [0.1, 0.15) is 90.4 Å². The maximum Gasteiger partial charge on any atom is 0.199 e. The predicted molar refractivity (Wildman–Crippen MR) is 104 cm³/mol. The van der Waals surface area contributed by atoms with Crippen LogP contribution in [0.3, 0.4) is 0 Å². The van der Waals surface area contributed by atoms with Gasteiger partial charge in [0.25, 0.3) is 0 Å². The average Bonchev–Trinajstić information content (AvgIpc) is 2.67. The van der Waals surface area contributed by atoms with Gasteiger partial charge in [-0.05, 0) is 42.6 Å². The van der Waals surface area contributed by atoms with Crippen LogP contribution in [0.15, 0.2) is 24.1 Å². The molecule has 0 aromatic carbocycles. The van der Waals surface area contributed by atoms with Crippen molar-refractivity contribution in [2.75, 3.05) is 0 Å². The number of hydrogen-bond donors (Lipinski definition) is 0. The zero-order valence-electron chi connectivity index (χ0n) is 16.1. The third-order valence-corrected chi connectivity index (χ3v) is 6.72. The van der Waals surface area contributed by atoms with Crippen LogP contribution in [-0.4, -0.2) is 0 Å². The molecule has 0 saturated heterocycles. The minimum Gasteiger partial charge on any atom is -0.195 e. The first-order chi connectivity index (χ1) is 12.2. The maximum absolute atomic E-state index is 12.6. The smallest absolute Gasteiger partial charge is 0.195 e. The lowest BCUT2D eigenvalue weighted by molar-refractivity contribution is 0.212. The molecule has 2 rings (SSSR count). The zero-order chi connectivity index (χ0) is 17.9. The molecule has 2 aliphatic rings. The molecule has 0 spiro atoms. The monoisotopic (exact) mass is 345 g/mol. The van der Waals surface area contributed by atoms with E-state index in [1.54, 1.807) is 6.08 Å². The van der Waals surface area contributed by atoms with Crippen LogP contribution in [0.5, 0.6) is 0 Å². The Kier molecular flexibility index (Phi) is 9.30. The normalized spacial score (nSPS) is 31.2. The van der Waals surface area contributed by atoms with Gasteiger partial charge in [0.05, 0.1) is 0 Å². The minimum atomic E-state index is -0.708. The Morgan fingerprint density at radius 3 is 1.84 bits per heavy atom. The summed E-state index contributed by atoms with van der Waals surface area (Å²) in [7, 11) is 0. The molecule has 1 nitrogen and oxygen atoms in total. The molecule has 0 radical (unpaired) electrons. The molecule has 2 heteroatoms. The van der Waals surface area contributed by atoms with E-state index in [9.17, 15) is 4.39 Å². The molecular weight excluding hydrogens is 309 g/mol. The third-order valence-electron chi connectivity index (χ3n) is 6.72. The van der Waals surface area contributed by atoms with Gasteiger partial charge >= 0.3 is 0 Å². The fourth-order valence-electron chi connectivity index (χ4n) is 4.83. The Balaban J connectivity index is 1.54. The molecule has 140 valence electrons. The first kappa shape index (κ1) is 20.2. The first-order valence-electron chi connectivity index (χ1n) is 10.6. The summed E-state index contributed by atoms with van der Waals surface area (Å²) in [5.41, 5.74) is 0. The molecular formula is C23H36FN. The molecule has 0 amide bonds. The lowest BCUT2D eigenvalue weighted by atomic mass is 9.74. The van der Waals surface area contributed by atoms with Crippen molar-refractivity contribution in [3.63, 3.8) is 0 Å². The quantitative estimate of drug-likeness (QED) is 0.330. The molecule has 0 bridgehead atoms. The molecule has 0 heterocycles. The maximum atomic E-state index is 12.6. The Bertz CT molecular complexity index is 457. The largest absolute Gasteiger partial charge is 0.199 e. The second-order valence-corrected chi connectivity index (χ2v) is 8.39. The number of allylic oxidation sites excluding steroid dienone is 4. The number of nitrogens with zero attached hydrogens (tertiary/aromatic N) is 1. The van der Waals surface area contributed by atoms with Gasteiger partial charge in [0.1, 0.15) is 6.07 Å². The van der Waals surface area contributed by atoms with Crippen LogP contribution >= 0.6 is 0 Å². The minimum absolute atomic E-state index is 0.708. The molecule has 0 aromatic rings. The number of halogens is 1. The van der Waals surface area contributed by atoms with Gasteiger partial charge in [0.2, 0.25) is 0 Å². The second-order valence-electron chi connectivity index (χ2n) is 8.39. The summed E-state index contributed by atoms with van der Waals surface area (Å²) >= 11 is 0. The fraction of sp³-hybridized carbons (Fsp3) is 0.783. The number of rotatable bonds is 8. The lowest BCUT2D eigenvalue weighted by Crippen LogP contribution is -2.18. The summed E-state index contributed by atoms with van der Waals surface area (Å²) in [6.45, 7) is 2.35. The van der Waals surface area contributed by atoms with E-state index >= 15 is 0 Å². The highest BCUT2D eigenvalue weighted by Crippen LogP contribution is 2.38. The van der Waals surface area contributed by atoms with E-state index in [0.717, 1.165) is 30.1 Å². The fourth-order valence-corrected chi connectivity index (χ4v) is 4.83. The van der Waals surface area contributed by atoms with E-state index in [1.165, 1.54) is 89.2 Å². The van der Waals surface area contributed by atoms with Gasteiger partial charge in [-0.2, -0.15) is 9.65 Å².